The molecule has 2 atom stereocenters. The molecular formula is C13H15F3O3S. The van der Waals surface area contributed by atoms with Crippen LogP contribution in [-0.4, -0.2) is 25.0 Å². The Balaban J connectivity index is 2.01. The maximum absolute atomic E-state index is 12.4. The van der Waals surface area contributed by atoms with Gasteiger partial charge in [0.2, 0.25) is 0 Å². The van der Waals surface area contributed by atoms with Gasteiger partial charge in [-0.15, -0.1) is 0 Å². The SMILES string of the molecule is O=S1(=O)CCC(CC(O)c2ccc(C(F)(F)F)cc2)C1. The molecule has 1 N–H and O–H groups in total. The Morgan fingerprint density at radius 1 is 1.25 bits per heavy atom. The van der Waals surface area contributed by atoms with Gasteiger partial charge in [-0.25, -0.2) is 8.42 Å². The van der Waals surface area contributed by atoms with Crippen molar-refractivity contribution in [3.63, 3.8) is 0 Å². The molecule has 0 aromatic heterocycles. The zero-order chi connectivity index (χ0) is 15.0. The zero-order valence-electron chi connectivity index (χ0n) is 10.6. The Bertz CT molecular complexity index is 564. The van der Waals surface area contributed by atoms with Crippen molar-refractivity contribution < 1.29 is 26.7 Å². The Morgan fingerprint density at radius 2 is 1.85 bits per heavy atom. The van der Waals surface area contributed by atoms with Crippen molar-refractivity contribution in [1.82, 2.24) is 0 Å². The number of hydrogen-bond donors (Lipinski definition) is 1. The van der Waals surface area contributed by atoms with Crippen LogP contribution in [0.2, 0.25) is 0 Å². The summed E-state index contributed by atoms with van der Waals surface area (Å²) in [5.74, 6) is 0.0412. The summed E-state index contributed by atoms with van der Waals surface area (Å²) in [4.78, 5) is 0. The summed E-state index contributed by atoms with van der Waals surface area (Å²) in [6, 6.07) is 4.31. The van der Waals surface area contributed by atoms with Crippen LogP contribution in [0.15, 0.2) is 24.3 Å². The molecule has 1 saturated heterocycles. The standard InChI is InChI=1S/C13H15F3O3S/c14-13(15,16)11-3-1-10(2-4-11)12(17)7-9-5-6-20(18,19)8-9/h1-4,9,12,17H,5-8H2. The lowest BCUT2D eigenvalue weighted by Gasteiger charge is -2.15. The number of aliphatic hydroxyl groups excluding tert-OH is 1. The summed E-state index contributed by atoms with van der Waals surface area (Å²) in [6.45, 7) is 0. The Morgan fingerprint density at radius 3 is 2.30 bits per heavy atom. The number of aliphatic hydroxyl groups is 1. The largest absolute Gasteiger partial charge is 0.416 e. The van der Waals surface area contributed by atoms with Gasteiger partial charge in [0.15, 0.2) is 9.84 Å². The average Bonchev–Trinajstić information content (AvgIpc) is 2.67. The van der Waals surface area contributed by atoms with Gasteiger partial charge in [0.05, 0.1) is 23.2 Å². The highest BCUT2D eigenvalue weighted by molar-refractivity contribution is 7.91. The molecule has 0 radical (unpaired) electrons. The van der Waals surface area contributed by atoms with Gasteiger partial charge in [-0.1, -0.05) is 12.1 Å². The van der Waals surface area contributed by atoms with E-state index in [1.807, 2.05) is 0 Å². The first-order chi connectivity index (χ1) is 9.17. The predicted molar refractivity (Wildman–Crippen MR) is 67.8 cm³/mol. The molecule has 112 valence electrons. The number of sulfone groups is 1. The van der Waals surface area contributed by atoms with Gasteiger partial charge < -0.3 is 5.11 Å². The van der Waals surface area contributed by atoms with Crippen LogP contribution in [0.3, 0.4) is 0 Å². The fourth-order valence-corrected chi connectivity index (χ4v) is 4.28. The van der Waals surface area contributed by atoms with Gasteiger partial charge in [-0.3, -0.25) is 0 Å². The van der Waals surface area contributed by atoms with Gasteiger partial charge in [-0.2, -0.15) is 13.2 Å². The molecule has 20 heavy (non-hydrogen) atoms. The molecule has 1 fully saturated rings. The van der Waals surface area contributed by atoms with E-state index in [9.17, 15) is 26.7 Å². The van der Waals surface area contributed by atoms with E-state index < -0.39 is 27.7 Å². The molecule has 3 nitrogen and oxygen atoms in total. The van der Waals surface area contributed by atoms with E-state index in [2.05, 4.69) is 0 Å². The minimum Gasteiger partial charge on any atom is -0.388 e. The topological polar surface area (TPSA) is 54.4 Å². The van der Waals surface area contributed by atoms with E-state index in [0.29, 0.717) is 12.0 Å². The quantitative estimate of drug-likeness (QED) is 0.933. The number of hydrogen-bond acceptors (Lipinski definition) is 3. The van der Waals surface area contributed by atoms with Gasteiger partial charge in [-0.05, 0) is 36.5 Å². The molecule has 2 unspecified atom stereocenters. The third kappa shape index (κ3) is 3.73. The van der Waals surface area contributed by atoms with Crippen molar-refractivity contribution >= 4 is 9.84 Å². The lowest BCUT2D eigenvalue weighted by atomic mass is 9.96. The van der Waals surface area contributed by atoms with Gasteiger partial charge in [0, 0.05) is 0 Å². The van der Waals surface area contributed by atoms with Crippen LogP contribution in [0.1, 0.15) is 30.1 Å². The van der Waals surface area contributed by atoms with Gasteiger partial charge >= 0.3 is 6.18 Å². The van der Waals surface area contributed by atoms with Crippen LogP contribution in [0.4, 0.5) is 13.2 Å². The van der Waals surface area contributed by atoms with Crippen LogP contribution < -0.4 is 0 Å². The van der Waals surface area contributed by atoms with Crippen molar-refractivity contribution in [2.45, 2.75) is 25.1 Å². The van der Waals surface area contributed by atoms with E-state index in [0.717, 1.165) is 12.1 Å². The first-order valence-corrected chi connectivity index (χ1v) is 8.05. The molecule has 0 aliphatic carbocycles. The molecule has 1 aromatic rings. The van der Waals surface area contributed by atoms with Crippen LogP contribution in [0.25, 0.3) is 0 Å². The molecule has 1 heterocycles. The second kappa shape index (κ2) is 5.37. The van der Waals surface area contributed by atoms with Crippen molar-refractivity contribution in [2.24, 2.45) is 5.92 Å². The normalized spacial score (nSPS) is 23.7. The lowest BCUT2D eigenvalue weighted by molar-refractivity contribution is -0.137. The first kappa shape index (κ1) is 15.3. The summed E-state index contributed by atoms with van der Waals surface area (Å²) in [7, 11) is -3.01. The molecule has 0 spiro atoms. The molecule has 1 aliphatic heterocycles. The second-order valence-electron chi connectivity index (χ2n) is 5.14. The van der Waals surface area contributed by atoms with Crippen LogP contribution >= 0.6 is 0 Å². The molecule has 0 amide bonds. The Labute approximate surface area is 115 Å². The van der Waals surface area contributed by atoms with E-state index in [-0.39, 0.29) is 23.8 Å². The van der Waals surface area contributed by atoms with Gasteiger partial charge in [0.25, 0.3) is 0 Å². The Kier molecular flexibility index (Phi) is 4.11. The third-order valence-electron chi connectivity index (χ3n) is 3.51. The molecule has 2 rings (SSSR count). The first-order valence-electron chi connectivity index (χ1n) is 6.23. The lowest BCUT2D eigenvalue weighted by Crippen LogP contribution is -2.10. The summed E-state index contributed by atoms with van der Waals surface area (Å²) in [5, 5.41) is 9.97. The summed E-state index contributed by atoms with van der Waals surface area (Å²) in [5.41, 5.74) is -0.390. The molecular weight excluding hydrogens is 293 g/mol. The highest BCUT2D eigenvalue weighted by atomic mass is 32.2. The minimum absolute atomic E-state index is 0.0463. The number of benzene rings is 1. The maximum atomic E-state index is 12.4. The highest BCUT2D eigenvalue weighted by Gasteiger charge is 2.31. The van der Waals surface area contributed by atoms with E-state index in [1.165, 1.54) is 12.1 Å². The van der Waals surface area contributed by atoms with Crippen molar-refractivity contribution in [2.75, 3.05) is 11.5 Å². The fraction of sp³-hybridized carbons (Fsp3) is 0.538. The second-order valence-corrected chi connectivity index (χ2v) is 7.37. The van der Waals surface area contributed by atoms with Crippen LogP contribution in [0, 0.1) is 5.92 Å². The monoisotopic (exact) mass is 308 g/mol. The third-order valence-corrected chi connectivity index (χ3v) is 5.34. The molecule has 1 aromatic carbocycles. The number of halogens is 3. The van der Waals surface area contributed by atoms with E-state index in [4.69, 9.17) is 0 Å². The molecule has 0 saturated carbocycles. The average molecular weight is 308 g/mol. The van der Waals surface area contributed by atoms with Crippen molar-refractivity contribution in [3.05, 3.63) is 35.4 Å². The van der Waals surface area contributed by atoms with Gasteiger partial charge in [0.1, 0.15) is 0 Å². The smallest absolute Gasteiger partial charge is 0.388 e. The number of alkyl halides is 3. The summed E-state index contributed by atoms with van der Waals surface area (Å²) >= 11 is 0. The predicted octanol–water partition coefficient (Wildman–Crippen LogP) is 2.56. The molecule has 0 bridgehead atoms. The Hall–Kier alpha value is -1.08. The summed E-state index contributed by atoms with van der Waals surface area (Å²) < 4.78 is 59.8. The number of rotatable bonds is 3. The van der Waals surface area contributed by atoms with E-state index >= 15 is 0 Å². The fourth-order valence-electron chi connectivity index (χ4n) is 2.40. The van der Waals surface area contributed by atoms with Crippen molar-refractivity contribution in [3.8, 4) is 0 Å². The zero-order valence-corrected chi connectivity index (χ0v) is 11.4. The minimum atomic E-state index is -4.40. The van der Waals surface area contributed by atoms with Crippen LogP contribution in [0.5, 0.6) is 0 Å². The van der Waals surface area contributed by atoms with Crippen LogP contribution in [-0.2, 0) is 16.0 Å². The molecule has 7 heteroatoms. The molecule has 1 aliphatic rings. The van der Waals surface area contributed by atoms with Crippen molar-refractivity contribution in [1.29, 1.82) is 0 Å². The highest BCUT2D eigenvalue weighted by Crippen LogP contribution is 2.32. The van der Waals surface area contributed by atoms with E-state index in [1.54, 1.807) is 0 Å². The summed E-state index contributed by atoms with van der Waals surface area (Å²) in [6.07, 6.45) is -4.58. The maximum Gasteiger partial charge on any atom is 0.416 e.